The first-order valence-corrected chi connectivity index (χ1v) is 10.1. The summed E-state index contributed by atoms with van der Waals surface area (Å²) in [5, 5.41) is 3.36. The molecule has 2 aromatic rings. The normalized spacial score (nSPS) is 14.1. The lowest BCUT2D eigenvalue weighted by molar-refractivity contribution is 0.0746. The molecule has 1 aromatic heterocycles. The molecule has 6 nitrogen and oxygen atoms in total. The van der Waals surface area contributed by atoms with Gasteiger partial charge >= 0.3 is 0 Å². The van der Waals surface area contributed by atoms with E-state index in [1.165, 1.54) is 12.8 Å². The fourth-order valence-corrected chi connectivity index (χ4v) is 3.49. The number of piperazine rings is 1. The van der Waals surface area contributed by atoms with Gasteiger partial charge in [0.25, 0.3) is 5.91 Å². The summed E-state index contributed by atoms with van der Waals surface area (Å²) in [7, 11) is 1.69. The Morgan fingerprint density at radius 3 is 2.68 bits per heavy atom. The highest BCUT2D eigenvalue weighted by Gasteiger charge is 2.24. The van der Waals surface area contributed by atoms with Gasteiger partial charge in [-0.25, -0.2) is 0 Å². The Morgan fingerprint density at radius 1 is 1.14 bits per heavy atom. The largest absolute Gasteiger partial charge is 0.495 e. The van der Waals surface area contributed by atoms with E-state index in [0.717, 1.165) is 43.2 Å². The average molecular weight is 383 g/mol. The summed E-state index contributed by atoms with van der Waals surface area (Å²) >= 11 is 0. The number of benzene rings is 1. The molecule has 0 spiro atoms. The number of nitrogens with zero attached hydrogens (tertiary/aromatic N) is 3. The number of nitrogens with one attached hydrogen (secondary N) is 1. The number of hydrogen-bond donors (Lipinski definition) is 1. The molecule has 1 N–H and O–H groups in total. The van der Waals surface area contributed by atoms with Gasteiger partial charge in [0.2, 0.25) is 0 Å². The predicted octanol–water partition coefficient (Wildman–Crippen LogP) is 3.65. The molecule has 6 heteroatoms. The van der Waals surface area contributed by atoms with Crippen LogP contribution in [0.15, 0.2) is 42.7 Å². The summed E-state index contributed by atoms with van der Waals surface area (Å²) in [6.45, 7) is 6.04. The molecule has 1 aliphatic rings. The van der Waals surface area contributed by atoms with E-state index in [1.54, 1.807) is 19.5 Å². The Labute approximate surface area is 167 Å². The monoisotopic (exact) mass is 382 g/mol. The van der Waals surface area contributed by atoms with E-state index in [0.29, 0.717) is 18.7 Å². The van der Waals surface area contributed by atoms with Crippen LogP contribution in [0.25, 0.3) is 0 Å². The number of methoxy groups -OCH3 is 1. The zero-order valence-corrected chi connectivity index (χ0v) is 16.9. The summed E-state index contributed by atoms with van der Waals surface area (Å²) in [5.74, 6) is 0.915. The number of pyridine rings is 1. The highest BCUT2D eigenvalue weighted by Crippen LogP contribution is 2.28. The molecule has 0 radical (unpaired) electrons. The third kappa shape index (κ3) is 4.94. The number of ether oxygens (including phenoxy) is 1. The number of aromatic nitrogens is 1. The van der Waals surface area contributed by atoms with Crippen LogP contribution in [-0.4, -0.2) is 55.6 Å². The minimum Gasteiger partial charge on any atom is -0.495 e. The van der Waals surface area contributed by atoms with Crippen LogP contribution in [0.3, 0.4) is 0 Å². The Hall–Kier alpha value is -2.76. The predicted molar refractivity (Wildman–Crippen MR) is 113 cm³/mol. The van der Waals surface area contributed by atoms with Crippen molar-refractivity contribution in [3.63, 3.8) is 0 Å². The lowest BCUT2D eigenvalue weighted by Gasteiger charge is -2.36. The zero-order chi connectivity index (χ0) is 19.8. The van der Waals surface area contributed by atoms with E-state index in [2.05, 4.69) is 28.2 Å². The van der Waals surface area contributed by atoms with Crippen LogP contribution in [0.1, 0.15) is 36.5 Å². The van der Waals surface area contributed by atoms with Crippen molar-refractivity contribution in [1.29, 1.82) is 0 Å². The van der Waals surface area contributed by atoms with Gasteiger partial charge in [0, 0.05) is 45.1 Å². The van der Waals surface area contributed by atoms with Crippen molar-refractivity contribution >= 4 is 17.3 Å². The average Bonchev–Trinajstić information content (AvgIpc) is 2.76. The highest BCUT2D eigenvalue weighted by atomic mass is 16.5. The molecule has 1 saturated heterocycles. The van der Waals surface area contributed by atoms with Crippen molar-refractivity contribution in [2.24, 2.45) is 0 Å². The summed E-state index contributed by atoms with van der Waals surface area (Å²) < 4.78 is 5.47. The molecule has 1 aromatic carbocycles. The van der Waals surface area contributed by atoms with Crippen LogP contribution in [0.4, 0.5) is 11.4 Å². The molecule has 1 fully saturated rings. The molecule has 0 unspecified atom stereocenters. The number of carbonyl (C=O) groups is 1. The number of anilines is 2. The van der Waals surface area contributed by atoms with E-state index in [9.17, 15) is 4.79 Å². The fourth-order valence-electron chi connectivity index (χ4n) is 3.49. The number of para-hydroxylation sites is 2. The third-order valence-electron chi connectivity index (χ3n) is 5.09. The quantitative estimate of drug-likeness (QED) is 0.706. The summed E-state index contributed by atoms with van der Waals surface area (Å²) in [4.78, 5) is 21.3. The molecule has 1 aliphatic heterocycles. The minimum absolute atomic E-state index is 0.0457. The number of hydrogen-bond acceptors (Lipinski definition) is 5. The Bertz CT molecular complexity index is 773. The number of unbranched alkanes of at least 4 members (excludes halogenated alkanes) is 2. The van der Waals surface area contributed by atoms with Crippen LogP contribution >= 0.6 is 0 Å². The molecular formula is C22H30N4O2. The smallest absolute Gasteiger partial charge is 0.255 e. The van der Waals surface area contributed by atoms with Crippen molar-refractivity contribution in [1.82, 2.24) is 9.88 Å². The van der Waals surface area contributed by atoms with Gasteiger partial charge in [0.15, 0.2) is 0 Å². The standard InChI is InChI=1S/C22H30N4O2/c1-3-4-7-10-24-19-15-18(16-23-17-19)22(27)26-13-11-25(12-14-26)20-8-5-6-9-21(20)28-2/h5-6,8-9,15-17,24H,3-4,7,10-14H2,1-2H3. The Balaban J connectivity index is 1.58. The molecule has 150 valence electrons. The number of carbonyl (C=O) groups excluding carboxylic acids is 1. The molecule has 1 amide bonds. The summed E-state index contributed by atoms with van der Waals surface area (Å²) in [6, 6.07) is 9.93. The van der Waals surface area contributed by atoms with Gasteiger partial charge < -0.3 is 19.9 Å². The molecule has 3 rings (SSSR count). The van der Waals surface area contributed by atoms with Gasteiger partial charge in [0.1, 0.15) is 5.75 Å². The minimum atomic E-state index is 0.0457. The second-order valence-corrected chi connectivity index (χ2v) is 7.05. The third-order valence-corrected chi connectivity index (χ3v) is 5.09. The molecule has 0 atom stereocenters. The highest BCUT2D eigenvalue weighted by molar-refractivity contribution is 5.95. The van der Waals surface area contributed by atoms with Gasteiger partial charge in [0.05, 0.1) is 24.0 Å². The van der Waals surface area contributed by atoms with Crippen LogP contribution in [0.2, 0.25) is 0 Å². The first kappa shape index (κ1) is 20.0. The lowest BCUT2D eigenvalue weighted by Crippen LogP contribution is -2.48. The van der Waals surface area contributed by atoms with Crippen molar-refractivity contribution in [3.05, 3.63) is 48.3 Å². The molecule has 0 saturated carbocycles. The Morgan fingerprint density at radius 2 is 1.93 bits per heavy atom. The summed E-state index contributed by atoms with van der Waals surface area (Å²) in [5.41, 5.74) is 2.64. The van der Waals surface area contributed by atoms with Crippen molar-refractivity contribution in [3.8, 4) is 5.75 Å². The molecule has 28 heavy (non-hydrogen) atoms. The maximum absolute atomic E-state index is 12.9. The van der Waals surface area contributed by atoms with Gasteiger partial charge in [-0.05, 0) is 24.6 Å². The van der Waals surface area contributed by atoms with E-state index in [-0.39, 0.29) is 5.91 Å². The van der Waals surface area contributed by atoms with Gasteiger partial charge in [-0.3, -0.25) is 9.78 Å². The fraction of sp³-hybridized carbons (Fsp3) is 0.455. The van der Waals surface area contributed by atoms with Crippen LogP contribution in [0, 0.1) is 0 Å². The van der Waals surface area contributed by atoms with E-state index >= 15 is 0 Å². The van der Waals surface area contributed by atoms with Crippen molar-refractivity contribution < 1.29 is 9.53 Å². The topological polar surface area (TPSA) is 57.7 Å². The number of amides is 1. The van der Waals surface area contributed by atoms with Gasteiger partial charge in [-0.2, -0.15) is 0 Å². The molecule has 0 bridgehead atoms. The van der Waals surface area contributed by atoms with Gasteiger partial charge in [-0.1, -0.05) is 31.9 Å². The SMILES string of the molecule is CCCCCNc1cncc(C(=O)N2CCN(c3ccccc3OC)CC2)c1. The second kappa shape index (κ2) is 9.97. The molecule has 0 aliphatic carbocycles. The van der Waals surface area contributed by atoms with Crippen molar-refractivity contribution in [2.75, 3.05) is 50.1 Å². The first-order valence-electron chi connectivity index (χ1n) is 10.1. The Kier molecular flexibility index (Phi) is 7.12. The van der Waals surface area contributed by atoms with E-state index in [4.69, 9.17) is 4.74 Å². The van der Waals surface area contributed by atoms with Crippen LogP contribution in [0.5, 0.6) is 5.75 Å². The lowest BCUT2D eigenvalue weighted by atomic mass is 10.2. The second-order valence-electron chi connectivity index (χ2n) is 7.05. The van der Waals surface area contributed by atoms with Crippen LogP contribution < -0.4 is 15.0 Å². The van der Waals surface area contributed by atoms with Crippen molar-refractivity contribution in [2.45, 2.75) is 26.2 Å². The zero-order valence-electron chi connectivity index (χ0n) is 16.9. The maximum atomic E-state index is 12.9. The van der Waals surface area contributed by atoms with Crippen LogP contribution in [-0.2, 0) is 0 Å². The number of rotatable bonds is 8. The molecular weight excluding hydrogens is 352 g/mol. The molecule has 2 heterocycles. The first-order chi connectivity index (χ1) is 13.7. The summed E-state index contributed by atoms with van der Waals surface area (Å²) in [6.07, 6.45) is 6.96. The van der Waals surface area contributed by atoms with E-state index in [1.807, 2.05) is 29.2 Å². The maximum Gasteiger partial charge on any atom is 0.255 e. The van der Waals surface area contributed by atoms with Gasteiger partial charge in [-0.15, -0.1) is 0 Å². The van der Waals surface area contributed by atoms with E-state index < -0.39 is 0 Å².